The van der Waals surface area contributed by atoms with Crippen LogP contribution in [0.25, 0.3) is 0 Å². The zero-order valence-electron chi connectivity index (χ0n) is 11.7. The lowest BCUT2D eigenvalue weighted by Crippen LogP contribution is -2.45. The van der Waals surface area contributed by atoms with Gasteiger partial charge < -0.3 is 10.6 Å². The molecule has 2 rings (SSSR count). The number of rotatable bonds is 3. The molecule has 104 valence electrons. The van der Waals surface area contributed by atoms with Crippen LogP contribution in [0.1, 0.15) is 51.9 Å². The lowest BCUT2D eigenvalue weighted by Gasteiger charge is -2.37. The summed E-state index contributed by atoms with van der Waals surface area (Å²) in [6.07, 6.45) is 8.43. The molecule has 2 aliphatic rings. The quantitative estimate of drug-likeness (QED) is 0.838. The molecule has 1 saturated heterocycles. The first-order chi connectivity index (χ1) is 8.70. The third-order valence-corrected chi connectivity index (χ3v) is 4.96. The van der Waals surface area contributed by atoms with Crippen LogP contribution >= 0.6 is 0 Å². The van der Waals surface area contributed by atoms with Crippen molar-refractivity contribution in [1.29, 1.82) is 0 Å². The highest BCUT2D eigenvalue weighted by Crippen LogP contribution is 2.28. The second kappa shape index (κ2) is 6.55. The SMILES string of the molecule is CC1CCN(C(=O)CC2CCCCC2)CC1CN. The van der Waals surface area contributed by atoms with Gasteiger partial charge in [0.2, 0.25) is 5.91 Å². The summed E-state index contributed by atoms with van der Waals surface area (Å²) in [4.78, 5) is 14.4. The minimum absolute atomic E-state index is 0.382. The summed E-state index contributed by atoms with van der Waals surface area (Å²) in [5.74, 6) is 2.22. The first-order valence-corrected chi connectivity index (χ1v) is 7.68. The van der Waals surface area contributed by atoms with Gasteiger partial charge in [0.15, 0.2) is 0 Å². The van der Waals surface area contributed by atoms with Gasteiger partial charge in [-0.15, -0.1) is 0 Å². The van der Waals surface area contributed by atoms with Crippen LogP contribution in [-0.2, 0) is 4.79 Å². The van der Waals surface area contributed by atoms with E-state index in [2.05, 4.69) is 11.8 Å². The van der Waals surface area contributed by atoms with Gasteiger partial charge in [0.1, 0.15) is 0 Å². The van der Waals surface area contributed by atoms with E-state index < -0.39 is 0 Å². The average Bonchev–Trinajstić information content (AvgIpc) is 2.40. The van der Waals surface area contributed by atoms with Crippen LogP contribution in [0.15, 0.2) is 0 Å². The van der Waals surface area contributed by atoms with E-state index in [0.29, 0.717) is 30.2 Å². The van der Waals surface area contributed by atoms with Crippen LogP contribution in [0, 0.1) is 17.8 Å². The summed E-state index contributed by atoms with van der Waals surface area (Å²) < 4.78 is 0. The second-order valence-corrected chi connectivity index (χ2v) is 6.31. The van der Waals surface area contributed by atoms with Crippen molar-refractivity contribution in [3.05, 3.63) is 0 Å². The molecule has 0 aromatic heterocycles. The van der Waals surface area contributed by atoms with Gasteiger partial charge in [-0.05, 0) is 43.6 Å². The van der Waals surface area contributed by atoms with E-state index in [1.54, 1.807) is 0 Å². The van der Waals surface area contributed by atoms with Crippen LogP contribution in [0.5, 0.6) is 0 Å². The van der Waals surface area contributed by atoms with E-state index in [0.717, 1.165) is 25.9 Å². The van der Waals surface area contributed by atoms with Crippen molar-refractivity contribution in [2.24, 2.45) is 23.5 Å². The van der Waals surface area contributed by atoms with Crippen molar-refractivity contribution in [1.82, 2.24) is 4.90 Å². The molecule has 18 heavy (non-hydrogen) atoms. The maximum absolute atomic E-state index is 12.3. The minimum Gasteiger partial charge on any atom is -0.342 e. The Labute approximate surface area is 111 Å². The molecule has 2 unspecified atom stereocenters. The Bertz CT molecular complexity index is 274. The maximum Gasteiger partial charge on any atom is 0.222 e. The lowest BCUT2D eigenvalue weighted by molar-refractivity contribution is -0.134. The first kappa shape index (κ1) is 13.9. The average molecular weight is 252 g/mol. The van der Waals surface area contributed by atoms with Crippen LogP contribution in [0.3, 0.4) is 0 Å². The fourth-order valence-electron chi connectivity index (χ4n) is 3.45. The molecule has 2 fully saturated rings. The van der Waals surface area contributed by atoms with E-state index in [1.165, 1.54) is 32.1 Å². The molecule has 0 aromatic carbocycles. The molecule has 1 aliphatic carbocycles. The fourth-order valence-corrected chi connectivity index (χ4v) is 3.45. The van der Waals surface area contributed by atoms with Crippen molar-refractivity contribution in [3.8, 4) is 0 Å². The predicted octanol–water partition coefficient (Wildman–Crippen LogP) is 2.40. The highest BCUT2D eigenvalue weighted by molar-refractivity contribution is 5.76. The van der Waals surface area contributed by atoms with Crippen LogP contribution in [0.2, 0.25) is 0 Å². The molecule has 2 N–H and O–H groups in total. The molecule has 0 radical (unpaired) electrons. The number of carbonyl (C=O) groups is 1. The molecular formula is C15H28N2O. The Balaban J connectivity index is 1.81. The number of likely N-dealkylation sites (tertiary alicyclic amines) is 1. The molecule has 1 heterocycles. The van der Waals surface area contributed by atoms with Gasteiger partial charge in [-0.25, -0.2) is 0 Å². The summed E-state index contributed by atoms with van der Waals surface area (Å²) in [5, 5.41) is 0. The summed E-state index contributed by atoms with van der Waals surface area (Å²) in [6, 6.07) is 0. The number of nitrogens with zero attached hydrogens (tertiary/aromatic N) is 1. The van der Waals surface area contributed by atoms with E-state index in [1.807, 2.05) is 0 Å². The number of carbonyl (C=O) groups excluding carboxylic acids is 1. The number of hydrogen-bond acceptors (Lipinski definition) is 2. The van der Waals surface area contributed by atoms with E-state index in [-0.39, 0.29) is 0 Å². The zero-order chi connectivity index (χ0) is 13.0. The van der Waals surface area contributed by atoms with Crippen LogP contribution < -0.4 is 5.73 Å². The molecule has 1 amide bonds. The Morgan fingerprint density at radius 3 is 2.61 bits per heavy atom. The maximum atomic E-state index is 12.3. The smallest absolute Gasteiger partial charge is 0.222 e. The molecule has 0 aromatic rings. The minimum atomic E-state index is 0.382. The number of nitrogens with two attached hydrogens (primary N) is 1. The highest BCUT2D eigenvalue weighted by Gasteiger charge is 2.29. The zero-order valence-corrected chi connectivity index (χ0v) is 11.7. The van der Waals surface area contributed by atoms with Gasteiger partial charge in [-0.1, -0.05) is 26.2 Å². The van der Waals surface area contributed by atoms with Gasteiger partial charge in [0, 0.05) is 19.5 Å². The Hall–Kier alpha value is -0.570. The van der Waals surface area contributed by atoms with Gasteiger partial charge in [-0.3, -0.25) is 4.79 Å². The summed E-state index contributed by atoms with van der Waals surface area (Å²) in [5.41, 5.74) is 5.80. The van der Waals surface area contributed by atoms with E-state index in [4.69, 9.17) is 5.73 Å². The van der Waals surface area contributed by atoms with Crippen molar-refractivity contribution in [2.45, 2.75) is 51.9 Å². The molecular weight excluding hydrogens is 224 g/mol. The first-order valence-electron chi connectivity index (χ1n) is 7.68. The van der Waals surface area contributed by atoms with E-state index >= 15 is 0 Å². The number of amides is 1. The van der Waals surface area contributed by atoms with Gasteiger partial charge in [-0.2, -0.15) is 0 Å². The Morgan fingerprint density at radius 1 is 1.22 bits per heavy atom. The van der Waals surface area contributed by atoms with Gasteiger partial charge >= 0.3 is 0 Å². The second-order valence-electron chi connectivity index (χ2n) is 6.31. The monoisotopic (exact) mass is 252 g/mol. The van der Waals surface area contributed by atoms with Crippen molar-refractivity contribution in [3.63, 3.8) is 0 Å². The third kappa shape index (κ3) is 3.47. The molecule has 1 saturated carbocycles. The molecule has 3 nitrogen and oxygen atoms in total. The predicted molar refractivity (Wildman–Crippen MR) is 74.1 cm³/mol. The van der Waals surface area contributed by atoms with Crippen molar-refractivity contribution in [2.75, 3.05) is 19.6 Å². The van der Waals surface area contributed by atoms with Crippen LogP contribution in [-0.4, -0.2) is 30.4 Å². The standard InChI is InChI=1S/C15H28N2O/c1-12-7-8-17(11-14(12)10-16)15(18)9-13-5-3-2-4-6-13/h12-14H,2-11,16H2,1H3. The summed E-state index contributed by atoms with van der Waals surface area (Å²) in [6.45, 7) is 4.82. The molecule has 0 spiro atoms. The number of piperidine rings is 1. The van der Waals surface area contributed by atoms with Crippen molar-refractivity contribution < 1.29 is 4.79 Å². The normalized spacial score (nSPS) is 30.4. The molecule has 0 bridgehead atoms. The Morgan fingerprint density at radius 2 is 1.94 bits per heavy atom. The Kier molecular flexibility index (Phi) is 5.04. The number of hydrogen-bond donors (Lipinski definition) is 1. The van der Waals surface area contributed by atoms with E-state index in [9.17, 15) is 4.79 Å². The molecule has 3 heteroatoms. The lowest BCUT2D eigenvalue weighted by atomic mass is 9.85. The molecule has 1 aliphatic heterocycles. The topological polar surface area (TPSA) is 46.3 Å². The summed E-state index contributed by atoms with van der Waals surface area (Å²) in [7, 11) is 0. The van der Waals surface area contributed by atoms with Gasteiger partial charge in [0.05, 0.1) is 0 Å². The largest absolute Gasteiger partial charge is 0.342 e. The highest BCUT2D eigenvalue weighted by atomic mass is 16.2. The molecule has 2 atom stereocenters. The third-order valence-electron chi connectivity index (χ3n) is 4.96. The van der Waals surface area contributed by atoms with Crippen LogP contribution in [0.4, 0.5) is 0 Å². The van der Waals surface area contributed by atoms with Gasteiger partial charge in [0.25, 0.3) is 0 Å². The fraction of sp³-hybridized carbons (Fsp3) is 0.933. The summed E-state index contributed by atoms with van der Waals surface area (Å²) >= 11 is 0. The van der Waals surface area contributed by atoms with Crippen molar-refractivity contribution >= 4 is 5.91 Å².